The van der Waals surface area contributed by atoms with Gasteiger partial charge in [0.25, 0.3) is 0 Å². The van der Waals surface area contributed by atoms with Crippen molar-refractivity contribution in [1.29, 1.82) is 0 Å². The summed E-state index contributed by atoms with van der Waals surface area (Å²) < 4.78 is 2.05. The van der Waals surface area contributed by atoms with E-state index in [-0.39, 0.29) is 6.04 Å². The van der Waals surface area contributed by atoms with Crippen molar-refractivity contribution in [3.8, 4) is 0 Å². The van der Waals surface area contributed by atoms with Gasteiger partial charge in [-0.2, -0.15) is 5.10 Å². The summed E-state index contributed by atoms with van der Waals surface area (Å²) >= 11 is 0. The lowest BCUT2D eigenvalue weighted by molar-refractivity contribution is 0.469. The quantitative estimate of drug-likeness (QED) is 0.879. The molecule has 0 aromatic carbocycles. The summed E-state index contributed by atoms with van der Waals surface area (Å²) in [5, 5.41) is 8.05. The maximum Gasteiger partial charge on any atom is 0.0643 e. The number of nitrogens with zero attached hydrogens (tertiary/aromatic N) is 3. The van der Waals surface area contributed by atoms with Gasteiger partial charge in [0, 0.05) is 36.6 Å². The number of likely N-dealkylation sites (N-methyl/N-ethyl adjacent to an activating group) is 1. The maximum atomic E-state index is 4.68. The summed E-state index contributed by atoms with van der Waals surface area (Å²) in [5.41, 5.74) is 3.44. The summed E-state index contributed by atoms with van der Waals surface area (Å²) in [7, 11) is 1.99. The van der Waals surface area contributed by atoms with Crippen LogP contribution in [0.4, 0.5) is 0 Å². The van der Waals surface area contributed by atoms with Crippen LogP contribution in [0.2, 0.25) is 0 Å². The van der Waals surface area contributed by atoms with E-state index in [4.69, 9.17) is 0 Å². The Labute approximate surface area is 121 Å². The van der Waals surface area contributed by atoms with Crippen LogP contribution in [0.1, 0.15) is 49.3 Å². The highest BCUT2D eigenvalue weighted by molar-refractivity contribution is 5.24. The molecular weight excluding hydrogens is 248 g/mol. The van der Waals surface area contributed by atoms with Crippen LogP contribution in [-0.2, 0) is 6.42 Å². The molecule has 2 unspecified atom stereocenters. The molecule has 20 heavy (non-hydrogen) atoms. The van der Waals surface area contributed by atoms with Crippen molar-refractivity contribution in [3.63, 3.8) is 0 Å². The predicted octanol–water partition coefficient (Wildman–Crippen LogP) is 3.06. The fourth-order valence-corrected chi connectivity index (χ4v) is 2.36. The monoisotopic (exact) mass is 272 g/mol. The van der Waals surface area contributed by atoms with Crippen LogP contribution < -0.4 is 5.32 Å². The van der Waals surface area contributed by atoms with E-state index in [0.717, 1.165) is 24.2 Å². The van der Waals surface area contributed by atoms with Gasteiger partial charge in [0.2, 0.25) is 0 Å². The van der Waals surface area contributed by atoms with Crippen molar-refractivity contribution in [2.24, 2.45) is 0 Å². The third kappa shape index (κ3) is 3.25. The Morgan fingerprint density at radius 3 is 2.80 bits per heavy atom. The molecule has 0 saturated carbocycles. The molecule has 0 aliphatic heterocycles. The lowest BCUT2D eigenvalue weighted by Gasteiger charge is -2.17. The number of hydrogen-bond acceptors (Lipinski definition) is 3. The summed E-state index contributed by atoms with van der Waals surface area (Å²) in [6.45, 7) is 6.43. The van der Waals surface area contributed by atoms with Crippen molar-refractivity contribution >= 4 is 0 Å². The first-order chi connectivity index (χ1) is 9.65. The minimum atomic E-state index is 0.254. The Morgan fingerprint density at radius 2 is 2.15 bits per heavy atom. The zero-order valence-corrected chi connectivity index (χ0v) is 12.8. The SMILES string of the molecule is CCC(C)n1ccc(CC(NC)c2cccnc2C)n1. The van der Waals surface area contributed by atoms with E-state index in [1.807, 2.05) is 19.3 Å². The second-order valence-corrected chi connectivity index (χ2v) is 5.27. The summed E-state index contributed by atoms with van der Waals surface area (Å²) in [6.07, 6.45) is 5.89. The van der Waals surface area contributed by atoms with Crippen LogP contribution in [0.25, 0.3) is 0 Å². The predicted molar refractivity (Wildman–Crippen MR) is 81.7 cm³/mol. The Morgan fingerprint density at radius 1 is 1.35 bits per heavy atom. The summed E-state index contributed by atoms with van der Waals surface area (Å²) in [5.74, 6) is 0. The molecule has 0 aliphatic carbocycles. The van der Waals surface area contributed by atoms with Crippen molar-refractivity contribution in [2.75, 3.05) is 7.05 Å². The fraction of sp³-hybridized carbons (Fsp3) is 0.500. The summed E-state index contributed by atoms with van der Waals surface area (Å²) in [4.78, 5) is 4.37. The molecule has 0 amide bonds. The average Bonchev–Trinajstić information content (AvgIpc) is 2.93. The number of aryl methyl sites for hydroxylation is 1. The first-order valence-electron chi connectivity index (χ1n) is 7.28. The van der Waals surface area contributed by atoms with Crippen LogP contribution in [0.3, 0.4) is 0 Å². The van der Waals surface area contributed by atoms with Gasteiger partial charge in [0.1, 0.15) is 0 Å². The summed E-state index contributed by atoms with van der Waals surface area (Å²) in [6, 6.07) is 6.95. The van der Waals surface area contributed by atoms with E-state index in [1.165, 1.54) is 5.56 Å². The van der Waals surface area contributed by atoms with E-state index in [1.54, 1.807) is 0 Å². The minimum Gasteiger partial charge on any atom is -0.313 e. The van der Waals surface area contributed by atoms with Crippen molar-refractivity contribution in [1.82, 2.24) is 20.1 Å². The van der Waals surface area contributed by atoms with Gasteiger partial charge in [-0.3, -0.25) is 9.67 Å². The Hall–Kier alpha value is -1.68. The van der Waals surface area contributed by atoms with Crippen LogP contribution in [0.5, 0.6) is 0 Å². The van der Waals surface area contributed by atoms with E-state index >= 15 is 0 Å². The average molecular weight is 272 g/mol. The molecule has 108 valence electrons. The largest absolute Gasteiger partial charge is 0.313 e. The van der Waals surface area contributed by atoms with Gasteiger partial charge < -0.3 is 5.32 Å². The number of rotatable bonds is 6. The first-order valence-corrected chi connectivity index (χ1v) is 7.28. The molecule has 2 aromatic rings. The second kappa shape index (κ2) is 6.66. The Balaban J connectivity index is 2.15. The highest BCUT2D eigenvalue weighted by Crippen LogP contribution is 2.20. The molecule has 2 rings (SSSR count). The second-order valence-electron chi connectivity index (χ2n) is 5.27. The lowest BCUT2D eigenvalue weighted by atomic mass is 10.0. The van der Waals surface area contributed by atoms with E-state index in [2.05, 4.69) is 59.2 Å². The van der Waals surface area contributed by atoms with Crippen molar-refractivity contribution in [3.05, 3.63) is 47.5 Å². The standard InChI is InChI=1S/C16H24N4/c1-5-12(2)20-10-8-14(19-20)11-16(17-4)15-7-6-9-18-13(15)3/h6-10,12,16-17H,5,11H2,1-4H3. The minimum absolute atomic E-state index is 0.254. The van der Waals surface area contributed by atoms with Gasteiger partial charge in [0.05, 0.1) is 5.69 Å². The van der Waals surface area contributed by atoms with Gasteiger partial charge in [0.15, 0.2) is 0 Å². The van der Waals surface area contributed by atoms with Gasteiger partial charge in [-0.15, -0.1) is 0 Å². The molecular formula is C16H24N4. The van der Waals surface area contributed by atoms with E-state index in [0.29, 0.717) is 6.04 Å². The third-order valence-electron chi connectivity index (χ3n) is 3.89. The molecule has 0 fully saturated rings. The lowest BCUT2D eigenvalue weighted by Crippen LogP contribution is -2.20. The molecule has 2 atom stereocenters. The molecule has 1 N–H and O–H groups in total. The van der Waals surface area contributed by atoms with Gasteiger partial charge in [-0.1, -0.05) is 13.0 Å². The molecule has 0 saturated heterocycles. The molecule has 0 spiro atoms. The highest BCUT2D eigenvalue weighted by atomic mass is 15.3. The van der Waals surface area contributed by atoms with Crippen molar-refractivity contribution < 1.29 is 0 Å². The zero-order chi connectivity index (χ0) is 14.5. The first kappa shape index (κ1) is 14.7. The van der Waals surface area contributed by atoms with Crippen LogP contribution >= 0.6 is 0 Å². The normalized spacial score (nSPS) is 14.2. The molecule has 0 aliphatic rings. The molecule has 4 heteroatoms. The van der Waals surface area contributed by atoms with Gasteiger partial charge >= 0.3 is 0 Å². The van der Waals surface area contributed by atoms with Crippen LogP contribution in [0.15, 0.2) is 30.6 Å². The number of pyridine rings is 1. The number of hydrogen-bond donors (Lipinski definition) is 1. The molecule has 4 nitrogen and oxygen atoms in total. The van der Waals surface area contributed by atoms with Crippen LogP contribution in [-0.4, -0.2) is 21.8 Å². The Kier molecular flexibility index (Phi) is 4.90. The molecule has 0 bridgehead atoms. The van der Waals surface area contributed by atoms with Gasteiger partial charge in [-0.25, -0.2) is 0 Å². The van der Waals surface area contributed by atoms with Crippen LogP contribution in [0, 0.1) is 6.92 Å². The topological polar surface area (TPSA) is 42.7 Å². The highest BCUT2D eigenvalue weighted by Gasteiger charge is 2.15. The van der Waals surface area contributed by atoms with E-state index < -0.39 is 0 Å². The van der Waals surface area contributed by atoms with Crippen molar-refractivity contribution in [2.45, 2.75) is 45.7 Å². The maximum absolute atomic E-state index is 4.68. The fourth-order valence-electron chi connectivity index (χ4n) is 2.36. The molecule has 2 heterocycles. The molecule has 2 aromatic heterocycles. The zero-order valence-electron chi connectivity index (χ0n) is 12.8. The Bertz CT molecular complexity index is 547. The number of aromatic nitrogens is 3. The van der Waals surface area contributed by atoms with Gasteiger partial charge in [-0.05, 0) is 45.0 Å². The molecule has 0 radical (unpaired) electrons. The third-order valence-corrected chi connectivity index (χ3v) is 3.89. The smallest absolute Gasteiger partial charge is 0.0643 e. The number of nitrogens with one attached hydrogen (secondary N) is 1. The van der Waals surface area contributed by atoms with E-state index in [9.17, 15) is 0 Å².